The highest BCUT2D eigenvalue weighted by Crippen LogP contribution is 2.10. The van der Waals surface area contributed by atoms with E-state index in [2.05, 4.69) is 30.2 Å². The molecule has 1 aromatic heterocycles. The van der Waals surface area contributed by atoms with Crippen LogP contribution in [0.2, 0.25) is 0 Å². The van der Waals surface area contributed by atoms with Crippen LogP contribution in [0, 0.1) is 6.92 Å². The first-order valence-corrected chi connectivity index (χ1v) is 4.95. The van der Waals surface area contributed by atoms with Gasteiger partial charge in [-0.3, -0.25) is 4.98 Å². The lowest BCUT2D eigenvalue weighted by atomic mass is 10.1. The highest BCUT2D eigenvalue weighted by Gasteiger charge is 2.01. The summed E-state index contributed by atoms with van der Waals surface area (Å²) in [7, 11) is 0. The molecule has 1 rings (SSSR count). The molecule has 2 nitrogen and oxygen atoms in total. The van der Waals surface area contributed by atoms with Gasteiger partial charge in [0.25, 0.3) is 0 Å². The summed E-state index contributed by atoms with van der Waals surface area (Å²) in [5.41, 5.74) is 2.19. The summed E-state index contributed by atoms with van der Waals surface area (Å²) in [5, 5.41) is 3.44. The minimum atomic E-state index is 0.574. The van der Waals surface area contributed by atoms with Crippen molar-refractivity contribution in [3.63, 3.8) is 0 Å². The van der Waals surface area contributed by atoms with Crippen molar-refractivity contribution >= 4 is 5.69 Å². The molecule has 0 saturated heterocycles. The van der Waals surface area contributed by atoms with E-state index in [-0.39, 0.29) is 0 Å². The van der Waals surface area contributed by atoms with E-state index in [0.717, 1.165) is 24.2 Å². The molecule has 0 fully saturated rings. The lowest BCUT2D eigenvalue weighted by Gasteiger charge is -2.15. The van der Waals surface area contributed by atoms with E-state index in [0.29, 0.717) is 6.04 Å². The van der Waals surface area contributed by atoms with Crippen molar-refractivity contribution < 1.29 is 0 Å². The highest BCUT2D eigenvalue weighted by molar-refractivity contribution is 5.41. The Morgan fingerprint density at radius 3 is 2.46 bits per heavy atom. The lowest BCUT2D eigenvalue weighted by molar-refractivity contribution is 0.671. The van der Waals surface area contributed by atoms with Crippen molar-refractivity contribution in [1.29, 1.82) is 0 Å². The van der Waals surface area contributed by atoms with E-state index in [9.17, 15) is 0 Å². The monoisotopic (exact) mass is 178 g/mol. The third-order valence-corrected chi connectivity index (χ3v) is 2.27. The Morgan fingerprint density at radius 2 is 2.00 bits per heavy atom. The molecule has 0 aliphatic carbocycles. The normalized spacial score (nSPS) is 10.5. The molecule has 72 valence electrons. The Labute approximate surface area is 80.4 Å². The SMILES string of the molecule is CCC(CC)Nc1ccc(C)nc1. The molecule has 0 aliphatic rings. The van der Waals surface area contributed by atoms with Gasteiger partial charge in [0.15, 0.2) is 0 Å². The second kappa shape index (κ2) is 4.85. The van der Waals surface area contributed by atoms with Gasteiger partial charge in [0.1, 0.15) is 0 Å². The molecule has 13 heavy (non-hydrogen) atoms. The van der Waals surface area contributed by atoms with Crippen molar-refractivity contribution in [2.75, 3.05) is 5.32 Å². The van der Waals surface area contributed by atoms with Crippen molar-refractivity contribution in [1.82, 2.24) is 4.98 Å². The lowest BCUT2D eigenvalue weighted by Crippen LogP contribution is -2.16. The fourth-order valence-corrected chi connectivity index (χ4v) is 1.28. The van der Waals surface area contributed by atoms with Crippen LogP contribution >= 0.6 is 0 Å². The first-order chi connectivity index (χ1) is 6.26. The van der Waals surface area contributed by atoms with Crippen LogP contribution in [0.1, 0.15) is 32.4 Å². The van der Waals surface area contributed by atoms with Crippen LogP contribution in [0.15, 0.2) is 18.3 Å². The molecule has 1 heterocycles. The molecule has 0 atom stereocenters. The molecule has 0 bridgehead atoms. The van der Waals surface area contributed by atoms with E-state index in [1.165, 1.54) is 0 Å². The number of hydrogen-bond donors (Lipinski definition) is 1. The van der Waals surface area contributed by atoms with Crippen LogP contribution in [-0.4, -0.2) is 11.0 Å². The molecule has 0 amide bonds. The van der Waals surface area contributed by atoms with Crippen LogP contribution in [0.4, 0.5) is 5.69 Å². The molecular formula is C11H18N2. The topological polar surface area (TPSA) is 24.9 Å². The number of rotatable bonds is 4. The number of nitrogens with one attached hydrogen (secondary N) is 1. The summed E-state index contributed by atoms with van der Waals surface area (Å²) in [5.74, 6) is 0. The first kappa shape index (κ1) is 10.0. The van der Waals surface area contributed by atoms with Gasteiger partial charge in [0.05, 0.1) is 11.9 Å². The van der Waals surface area contributed by atoms with Crippen LogP contribution in [0.3, 0.4) is 0 Å². The number of anilines is 1. The predicted molar refractivity (Wildman–Crippen MR) is 57.0 cm³/mol. The molecule has 0 saturated carbocycles. The van der Waals surface area contributed by atoms with E-state index in [4.69, 9.17) is 0 Å². The Balaban J connectivity index is 2.58. The molecule has 1 aromatic rings. The van der Waals surface area contributed by atoms with E-state index in [1.54, 1.807) is 0 Å². The summed E-state index contributed by atoms with van der Waals surface area (Å²) in [6.45, 7) is 6.40. The minimum absolute atomic E-state index is 0.574. The van der Waals surface area contributed by atoms with Crippen molar-refractivity contribution in [2.24, 2.45) is 0 Å². The average Bonchev–Trinajstić information content (AvgIpc) is 2.17. The van der Waals surface area contributed by atoms with Gasteiger partial charge >= 0.3 is 0 Å². The fourth-order valence-electron chi connectivity index (χ4n) is 1.28. The fraction of sp³-hybridized carbons (Fsp3) is 0.545. The van der Waals surface area contributed by atoms with Gasteiger partial charge in [-0.15, -0.1) is 0 Å². The maximum absolute atomic E-state index is 4.24. The molecule has 2 heteroatoms. The third kappa shape index (κ3) is 3.05. The van der Waals surface area contributed by atoms with E-state index in [1.807, 2.05) is 19.2 Å². The Bertz CT molecular complexity index is 237. The predicted octanol–water partition coefficient (Wildman–Crippen LogP) is 2.99. The standard InChI is InChI=1S/C11H18N2/c1-4-10(5-2)13-11-7-6-9(3)12-8-11/h6-8,10,13H,4-5H2,1-3H3. The summed E-state index contributed by atoms with van der Waals surface area (Å²) < 4.78 is 0. The largest absolute Gasteiger partial charge is 0.381 e. The van der Waals surface area contributed by atoms with E-state index < -0.39 is 0 Å². The number of nitrogens with zero attached hydrogens (tertiary/aromatic N) is 1. The number of aryl methyl sites for hydroxylation is 1. The summed E-state index contributed by atoms with van der Waals surface area (Å²) >= 11 is 0. The summed E-state index contributed by atoms with van der Waals surface area (Å²) in [4.78, 5) is 4.24. The average molecular weight is 178 g/mol. The van der Waals surface area contributed by atoms with Gasteiger partial charge in [-0.05, 0) is 31.9 Å². The molecule has 0 unspecified atom stereocenters. The summed E-state index contributed by atoms with van der Waals surface area (Å²) in [6.07, 6.45) is 4.21. The van der Waals surface area contributed by atoms with Crippen LogP contribution in [-0.2, 0) is 0 Å². The minimum Gasteiger partial charge on any atom is -0.381 e. The first-order valence-electron chi connectivity index (χ1n) is 4.95. The second-order valence-corrected chi connectivity index (χ2v) is 3.35. The van der Waals surface area contributed by atoms with Gasteiger partial charge in [-0.1, -0.05) is 13.8 Å². The van der Waals surface area contributed by atoms with Crippen LogP contribution in [0.5, 0.6) is 0 Å². The Kier molecular flexibility index (Phi) is 3.74. The smallest absolute Gasteiger partial charge is 0.0529 e. The van der Waals surface area contributed by atoms with Crippen molar-refractivity contribution in [2.45, 2.75) is 39.7 Å². The zero-order valence-corrected chi connectivity index (χ0v) is 8.67. The maximum Gasteiger partial charge on any atom is 0.0529 e. The van der Waals surface area contributed by atoms with Crippen LogP contribution < -0.4 is 5.32 Å². The Hall–Kier alpha value is -1.05. The molecule has 0 spiro atoms. The van der Waals surface area contributed by atoms with Crippen molar-refractivity contribution in [3.8, 4) is 0 Å². The van der Waals surface area contributed by atoms with Crippen LogP contribution in [0.25, 0.3) is 0 Å². The molecular weight excluding hydrogens is 160 g/mol. The molecule has 0 aliphatic heterocycles. The Morgan fingerprint density at radius 1 is 1.31 bits per heavy atom. The number of aromatic nitrogens is 1. The maximum atomic E-state index is 4.24. The highest BCUT2D eigenvalue weighted by atomic mass is 14.9. The third-order valence-electron chi connectivity index (χ3n) is 2.27. The molecule has 1 N–H and O–H groups in total. The van der Waals surface area contributed by atoms with Gasteiger partial charge in [0.2, 0.25) is 0 Å². The molecule has 0 aromatic carbocycles. The summed E-state index contributed by atoms with van der Waals surface area (Å²) in [6, 6.07) is 4.69. The van der Waals surface area contributed by atoms with Crippen molar-refractivity contribution in [3.05, 3.63) is 24.0 Å². The van der Waals surface area contributed by atoms with Gasteiger partial charge in [-0.2, -0.15) is 0 Å². The molecule has 0 radical (unpaired) electrons. The zero-order chi connectivity index (χ0) is 9.68. The number of pyridine rings is 1. The second-order valence-electron chi connectivity index (χ2n) is 3.35. The van der Waals surface area contributed by atoms with Gasteiger partial charge in [0, 0.05) is 11.7 Å². The number of hydrogen-bond acceptors (Lipinski definition) is 2. The van der Waals surface area contributed by atoms with Gasteiger partial charge < -0.3 is 5.32 Å². The van der Waals surface area contributed by atoms with E-state index >= 15 is 0 Å². The quantitative estimate of drug-likeness (QED) is 0.766. The van der Waals surface area contributed by atoms with Gasteiger partial charge in [-0.25, -0.2) is 0 Å². The zero-order valence-electron chi connectivity index (χ0n) is 8.67.